The Hall–Kier alpha value is -0.930. The molecule has 0 radical (unpaired) electrons. The molecule has 0 aromatic carbocycles. The molecule has 2 N–H and O–H groups in total. The van der Waals surface area contributed by atoms with Crippen LogP contribution in [0.2, 0.25) is 0 Å². The Morgan fingerprint density at radius 1 is 1.41 bits per heavy atom. The first kappa shape index (κ1) is 16.1. The molecular weight excluding hydrogens is 210 g/mol. The average Bonchev–Trinajstić information content (AvgIpc) is 2.28. The molecule has 0 aliphatic rings. The zero-order valence-corrected chi connectivity index (χ0v) is 11.9. The largest absolute Gasteiger partial charge is 0.314 e. The average molecular weight is 237 g/mol. The number of allylic oxidation sites excluding steroid dienone is 1. The molecule has 0 heterocycles. The van der Waals surface area contributed by atoms with Gasteiger partial charge >= 0.3 is 0 Å². The van der Waals surface area contributed by atoms with Crippen LogP contribution in [0.15, 0.2) is 29.3 Å². The third kappa shape index (κ3) is 7.08. The van der Waals surface area contributed by atoms with E-state index in [1.54, 1.807) is 0 Å². The first-order valence-electron chi connectivity index (χ1n) is 6.27. The van der Waals surface area contributed by atoms with E-state index in [1.807, 2.05) is 26.1 Å². The molecule has 0 unspecified atom stereocenters. The van der Waals surface area contributed by atoms with Gasteiger partial charge in [0.2, 0.25) is 0 Å². The fourth-order valence-corrected chi connectivity index (χ4v) is 1.52. The van der Waals surface area contributed by atoms with Gasteiger partial charge in [-0.3, -0.25) is 10.3 Å². The van der Waals surface area contributed by atoms with Gasteiger partial charge in [-0.05, 0) is 32.9 Å². The lowest BCUT2D eigenvalue weighted by molar-refractivity contribution is 0.597. The van der Waals surface area contributed by atoms with Gasteiger partial charge in [-0.1, -0.05) is 32.6 Å². The van der Waals surface area contributed by atoms with E-state index < -0.39 is 0 Å². The molecule has 0 saturated carbocycles. The van der Waals surface area contributed by atoms with Gasteiger partial charge in [-0.15, -0.1) is 0 Å². The molecule has 0 aliphatic carbocycles. The fourth-order valence-electron chi connectivity index (χ4n) is 1.52. The van der Waals surface area contributed by atoms with Crippen molar-refractivity contribution >= 4 is 5.71 Å². The van der Waals surface area contributed by atoms with Crippen LogP contribution in [0.3, 0.4) is 0 Å². The molecule has 0 rings (SSSR count). The Morgan fingerprint density at radius 2 is 2.06 bits per heavy atom. The molecule has 0 aromatic rings. The molecule has 98 valence electrons. The van der Waals surface area contributed by atoms with Crippen LogP contribution < -0.4 is 10.6 Å². The van der Waals surface area contributed by atoms with Gasteiger partial charge in [-0.25, -0.2) is 0 Å². The summed E-state index contributed by atoms with van der Waals surface area (Å²) in [4.78, 5) is 4.66. The monoisotopic (exact) mass is 237 g/mol. The van der Waals surface area contributed by atoms with Gasteiger partial charge in [0.25, 0.3) is 0 Å². The van der Waals surface area contributed by atoms with Gasteiger partial charge in [0, 0.05) is 18.3 Å². The smallest absolute Gasteiger partial charge is 0.124 e. The number of aliphatic imine (C=N–C) groups is 1. The van der Waals surface area contributed by atoms with Crippen molar-refractivity contribution < 1.29 is 0 Å². The number of nitrogens with one attached hydrogen (secondary N) is 2. The number of likely N-dealkylation sites (N-methyl/N-ethyl adjacent to an activating group) is 1. The van der Waals surface area contributed by atoms with Crippen LogP contribution in [0, 0.1) is 0 Å². The zero-order valence-electron chi connectivity index (χ0n) is 11.9. The first-order valence-corrected chi connectivity index (χ1v) is 6.27. The molecule has 0 bridgehead atoms. The number of hydrogen-bond acceptors (Lipinski definition) is 3. The van der Waals surface area contributed by atoms with Crippen molar-refractivity contribution in [1.82, 2.24) is 10.6 Å². The lowest BCUT2D eigenvalue weighted by atomic mass is 10.2. The highest BCUT2D eigenvalue weighted by molar-refractivity contribution is 5.82. The topological polar surface area (TPSA) is 36.4 Å². The van der Waals surface area contributed by atoms with Crippen molar-refractivity contribution in [2.24, 2.45) is 4.99 Å². The van der Waals surface area contributed by atoms with Crippen LogP contribution in [0.1, 0.15) is 34.1 Å². The van der Waals surface area contributed by atoms with E-state index in [1.165, 1.54) is 0 Å². The van der Waals surface area contributed by atoms with Gasteiger partial charge in [0.05, 0.1) is 0 Å². The molecule has 0 aromatic heterocycles. The van der Waals surface area contributed by atoms with Gasteiger partial charge < -0.3 is 5.32 Å². The molecule has 1 atom stereocenters. The van der Waals surface area contributed by atoms with Crippen LogP contribution in [0.4, 0.5) is 0 Å². The summed E-state index contributed by atoms with van der Waals surface area (Å²) >= 11 is 0. The standard InChI is InChI=1S/C14H27N3/c1-7-13(8-2)14(15-6)17-12(5)9-10-16-11(3)4/h7-8,11,14-16H,1,9-10H2,2-6H3/b13-8+,17-12?/t14-/m1/s1. The second-order valence-corrected chi connectivity index (χ2v) is 4.41. The Bertz CT molecular complexity index is 277. The van der Waals surface area contributed by atoms with Gasteiger partial charge in [-0.2, -0.15) is 0 Å². The van der Waals surface area contributed by atoms with Gasteiger partial charge in [0.15, 0.2) is 0 Å². The van der Waals surface area contributed by atoms with Crippen molar-refractivity contribution in [2.75, 3.05) is 13.6 Å². The predicted octanol–water partition coefficient (Wildman–Crippen LogP) is 2.51. The van der Waals surface area contributed by atoms with Crippen molar-refractivity contribution in [3.8, 4) is 0 Å². The molecule has 3 heteroatoms. The Kier molecular flexibility index (Phi) is 8.64. The maximum atomic E-state index is 4.66. The highest BCUT2D eigenvalue weighted by Gasteiger charge is 2.06. The molecular formula is C14H27N3. The molecule has 17 heavy (non-hydrogen) atoms. The van der Waals surface area contributed by atoms with E-state index in [2.05, 4.69) is 43.0 Å². The minimum absolute atomic E-state index is 0.0246. The molecule has 0 saturated heterocycles. The van der Waals surface area contributed by atoms with E-state index >= 15 is 0 Å². The zero-order chi connectivity index (χ0) is 13.3. The number of nitrogens with zero attached hydrogens (tertiary/aromatic N) is 1. The quantitative estimate of drug-likeness (QED) is 0.503. The fraction of sp³-hybridized carbons (Fsp3) is 0.643. The van der Waals surface area contributed by atoms with E-state index in [-0.39, 0.29) is 6.17 Å². The van der Waals surface area contributed by atoms with Crippen molar-refractivity contribution in [1.29, 1.82) is 0 Å². The highest BCUT2D eigenvalue weighted by Crippen LogP contribution is 2.05. The number of rotatable bonds is 8. The summed E-state index contributed by atoms with van der Waals surface area (Å²) in [5.41, 5.74) is 2.27. The summed E-state index contributed by atoms with van der Waals surface area (Å²) in [5, 5.41) is 6.58. The van der Waals surface area contributed by atoms with E-state index in [0.29, 0.717) is 6.04 Å². The first-order chi connectivity index (χ1) is 8.04. The van der Waals surface area contributed by atoms with E-state index in [9.17, 15) is 0 Å². The second-order valence-electron chi connectivity index (χ2n) is 4.41. The summed E-state index contributed by atoms with van der Waals surface area (Å²) in [6.45, 7) is 13.2. The van der Waals surface area contributed by atoms with E-state index in [0.717, 1.165) is 24.3 Å². The third-order valence-electron chi connectivity index (χ3n) is 2.55. The van der Waals surface area contributed by atoms with Crippen LogP contribution in [0.25, 0.3) is 0 Å². The van der Waals surface area contributed by atoms with Gasteiger partial charge in [0.1, 0.15) is 6.17 Å². The number of hydrogen-bond donors (Lipinski definition) is 2. The molecule has 0 amide bonds. The van der Waals surface area contributed by atoms with E-state index in [4.69, 9.17) is 0 Å². The minimum atomic E-state index is 0.0246. The minimum Gasteiger partial charge on any atom is -0.314 e. The van der Waals surface area contributed by atoms with Crippen molar-refractivity contribution in [3.05, 3.63) is 24.3 Å². The summed E-state index contributed by atoms with van der Waals surface area (Å²) in [6.07, 6.45) is 4.89. The Balaban J connectivity index is 4.36. The second kappa shape index (κ2) is 9.14. The predicted molar refractivity (Wildman–Crippen MR) is 77.7 cm³/mol. The maximum absolute atomic E-state index is 4.66. The molecule has 3 nitrogen and oxygen atoms in total. The third-order valence-corrected chi connectivity index (χ3v) is 2.55. The highest BCUT2D eigenvalue weighted by atomic mass is 15.0. The maximum Gasteiger partial charge on any atom is 0.124 e. The van der Waals surface area contributed by atoms with Crippen LogP contribution in [-0.2, 0) is 0 Å². The normalized spacial score (nSPS) is 15.2. The SMILES string of the molecule is C=C/C(=C\C)[C@@H](N=C(C)CCNC(C)C)NC. The van der Waals surface area contributed by atoms with Crippen LogP contribution >= 0.6 is 0 Å². The van der Waals surface area contributed by atoms with Crippen LogP contribution in [-0.4, -0.2) is 31.5 Å². The summed E-state index contributed by atoms with van der Waals surface area (Å²) in [5.74, 6) is 0. The summed E-state index contributed by atoms with van der Waals surface area (Å²) in [6, 6.07) is 0.530. The molecule has 0 fully saturated rings. The molecule has 0 spiro atoms. The lowest BCUT2D eigenvalue weighted by Crippen LogP contribution is -2.28. The molecule has 0 aliphatic heterocycles. The van der Waals surface area contributed by atoms with Crippen molar-refractivity contribution in [3.63, 3.8) is 0 Å². The summed E-state index contributed by atoms with van der Waals surface area (Å²) in [7, 11) is 1.92. The summed E-state index contributed by atoms with van der Waals surface area (Å²) < 4.78 is 0. The lowest BCUT2D eigenvalue weighted by Gasteiger charge is -2.14. The Morgan fingerprint density at radius 3 is 2.47 bits per heavy atom. The van der Waals surface area contributed by atoms with Crippen molar-refractivity contribution in [2.45, 2.75) is 46.3 Å². The Labute approximate surface area is 106 Å². The van der Waals surface area contributed by atoms with Crippen LogP contribution in [0.5, 0.6) is 0 Å².